The zero-order valence-corrected chi connectivity index (χ0v) is 11.4. The number of phenolic OH excluding ortho intramolecular Hbond substituents is 1. The summed E-state index contributed by atoms with van der Waals surface area (Å²) in [6, 6.07) is 9.05. The second kappa shape index (κ2) is 4.55. The van der Waals surface area contributed by atoms with Gasteiger partial charge in [0.2, 0.25) is 0 Å². The molecule has 16 heavy (non-hydrogen) atoms. The van der Waals surface area contributed by atoms with E-state index in [4.69, 9.17) is 0 Å². The molecule has 1 N–H and O–H groups in total. The minimum absolute atomic E-state index is 0.0447. The minimum atomic E-state index is -0.135. The summed E-state index contributed by atoms with van der Waals surface area (Å²) in [5.41, 5.74) is 0.336. The van der Waals surface area contributed by atoms with Crippen molar-refractivity contribution >= 4 is 48.4 Å². The van der Waals surface area contributed by atoms with E-state index < -0.39 is 0 Å². The molecular weight excluding hydrogens is 336 g/mol. The Labute approximate surface area is 110 Å². The molecule has 82 valence electrons. The van der Waals surface area contributed by atoms with Crippen molar-refractivity contribution in [2.24, 2.45) is 0 Å². The van der Waals surface area contributed by atoms with Gasteiger partial charge in [0, 0.05) is 9.86 Å². The van der Waals surface area contributed by atoms with Crippen molar-refractivity contribution in [1.82, 2.24) is 0 Å². The van der Waals surface area contributed by atoms with Crippen molar-refractivity contribution in [2.45, 2.75) is 0 Å². The predicted molar refractivity (Wildman–Crippen MR) is 71.4 cm³/mol. The molecule has 0 aliphatic rings. The van der Waals surface area contributed by atoms with Crippen LogP contribution >= 0.6 is 31.9 Å². The maximum atomic E-state index is 11.6. The van der Waals surface area contributed by atoms with Crippen LogP contribution in [0.4, 0.5) is 0 Å². The number of ketones is 1. The average molecular weight is 344 g/mol. The summed E-state index contributed by atoms with van der Waals surface area (Å²) < 4.78 is 0.810. The Bertz CT molecular complexity index is 564. The third-order valence-corrected chi connectivity index (χ3v) is 3.55. The van der Waals surface area contributed by atoms with Crippen LogP contribution in [-0.4, -0.2) is 16.2 Å². The number of alkyl halides is 1. The molecule has 0 unspecified atom stereocenters. The van der Waals surface area contributed by atoms with Crippen LogP contribution in [0, 0.1) is 0 Å². The Morgan fingerprint density at radius 2 is 1.88 bits per heavy atom. The SMILES string of the molecule is O=C(CBr)c1cc(Br)c2ccccc2c1O. The van der Waals surface area contributed by atoms with E-state index in [-0.39, 0.29) is 16.9 Å². The van der Waals surface area contributed by atoms with Crippen molar-refractivity contribution in [3.8, 4) is 5.75 Å². The lowest BCUT2D eigenvalue weighted by Crippen LogP contribution is -2.00. The van der Waals surface area contributed by atoms with Gasteiger partial charge >= 0.3 is 0 Å². The minimum Gasteiger partial charge on any atom is -0.507 e. The fourth-order valence-corrected chi connectivity index (χ4v) is 2.48. The van der Waals surface area contributed by atoms with Crippen LogP contribution in [0.15, 0.2) is 34.8 Å². The molecule has 0 saturated heterocycles. The Hall–Kier alpha value is -0.870. The Morgan fingerprint density at radius 3 is 2.50 bits per heavy atom. The molecular formula is C12H8Br2O2. The summed E-state index contributed by atoms with van der Waals surface area (Å²) in [4.78, 5) is 11.6. The summed E-state index contributed by atoms with van der Waals surface area (Å²) >= 11 is 6.50. The van der Waals surface area contributed by atoms with Crippen molar-refractivity contribution < 1.29 is 9.90 Å². The van der Waals surface area contributed by atoms with E-state index >= 15 is 0 Å². The van der Waals surface area contributed by atoms with Crippen molar-refractivity contribution in [1.29, 1.82) is 0 Å². The number of Topliss-reactive ketones (excluding diaryl/α,β-unsaturated/α-hetero) is 1. The van der Waals surface area contributed by atoms with Gasteiger partial charge in [-0.25, -0.2) is 0 Å². The second-order valence-electron chi connectivity index (χ2n) is 3.36. The van der Waals surface area contributed by atoms with Gasteiger partial charge in [-0.2, -0.15) is 0 Å². The molecule has 2 aromatic carbocycles. The molecule has 0 aliphatic heterocycles. The van der Waals surface area contributed by atoms with Crippen LogP contribution in [0.25, 0.3) is 10.8 Å². The molecule has 0 atom stereocenters. The standard InChI is InChI=1S/C12H8Br2O2/c13-6-11(15)9-5-10(14)7-3-1-2-4-8(7)12(9)16/h1-5,16H,6H2. The Kier molecular flexibility index (Phi) is 3.30. The van der Waals surface area contributed by atoms with Gasteiger partial charge in [-0.3, -0.25) is 4.79 Å². The van der Waals surface area contributed by atoms with Crippen molar-refractivity contribution in [2.75, 3.05) is 5.33 Å². The number of rotatable bonds is 2. The van der Waals surface area contributed by atoms with Gasteiger partial charge in [-0.1, -0.05) is 56.1 Å². The van der Waals surface area contributed by atoms with Crippen LogP contribution in [0.2, 0.25) is 0 Å². The van der Waals surface area contributed by atoms with Crippen LogP contribution in [0.3, 0.4) is 0 Å². The van der Waals surface area contributed by atoms with Gasteiger partial charge in [-0.05, 0) is 11.5 Å². The summed E-state index contributed by atoms with van der Waals surface area (Å²) in [5, 5.41) is 11.8. The summed E-state index contributed by atoms with van der Waals surface area (Å²) in [6.45, 7) is 0. The third-order valence-electron chi connectivity index (χ3n) is 2.39. The van der Waals surface area contributed by atoms with Crippen LogP contribution in [-0.2, 0) is 0 Å². The first-order valence-electron chi connectivity index (χ1n) is 4.64. The molecule has 2 rings (SSSR count). The third kappa shape index (κ3) is 1.87. The van der Waals surface area contributed by atoms with Crippen LogP contribution < -0.4 is 0 Å². The van der Waals surface area contributed by atoms with Gasteiger partial charge in [0.15, 0.2) is 5.78 Å². The molecule has 0 radical (unpaired) electrons. The van der Waals surface area contributed by atoms with Gasteiger partial charge in [0.05, 0.1) is 10.9 Å². The van der Waals surface area contributed by atoms with Gasteiger partial charge in [-0.15, -0.1) is 0 Å². The first kappa shape index (κ1) is 11.6. The number of hydrogen-bond acceptors (Lipinski definition) is 2. The van der Waals surface area contributed by atoms with Gasteiger partial charge in [0.25, 0.3) is 0 Å². The normalized spacial score (nSPS) is 10.6. The molecule has 0 aromatic heterocycles. The smallest absolute Gasteiger partial charge is 0.177 e. The number of phenols is 1. The van der Waals surface area contributed by atoms with Gasteiger partial charge < -0.3 is 5.11 Å². The zero-order chi connectivity index (χ0) is 11.7. The van der Waals surface area contributed by atoms with E-state index in [1.807, 2.05) is 18.2 Å². The van der Waals surface area contributed by atoms with Crippen molar-refractivity contribution in [3.63, 3.8) is 0 Å². The average Bonchev–Trinajstić information content (AvgIpc) is 2.33. The first-order chi connectivity index (χ1) is 7.65. The molecule has 0 spiro atoms. The quantitative estimate of drug-likeness (QED) is 0.663. The molecule has 0 bridgehead atoms. The van der Waals surface area contributed by atoms with Gasteiger partial charge in [0.1, 0.15) is 5.75 Å². The van der Waals surface area contributed by atoms with E-state index in [0.29, 0.717) is 10.9 Å². The molecule has 0 fully saturated rings. The van der Waals surface area contributed by atoms with E-state index in [2.05, 4.69) is 31.9 Å². The highest BCUT2D eigenvalue weighted by Gasteiger charge is 2.14. The number of hydrogen-bond donors (Lipinski definition) is 1. The zero-order valence-electron chi connectivity index (χ0n) is 8.21. The van der Waals surface area contributed by atoms with E-state index in [1.165, 1.54) is 0 Å². The fourth-order valence-electron chi connectivity index (χ4n) is 1.60. The van der Waals surface area contributed by atoms with E-state index in [0.717, 1.165) is 9.86 Å². The van der Waals surface area contributed by atoms with Crippen molar-refractivity contribution in [3.05, 3.63) is 40.4 Å². The lowest BCUT2D eigenvalue weighted by Gasteiger charge is -2.08. The summed E-state index contributed by atoms with van der Waals surface area (Å²) in [7, 11) is 0. The maximum absolute atomic E-state index is 11.6. The molecule has 0 aliphatic carbocycles. The topological polar surface area (TPSA) is 37.3 Å². The predicted octanol–water partition coefficient (Wildman–Crippen LogP) is 3.89. The molecule has 2 aromatic rings. The summed E-state index contributed by atoms with van der Waals surface area (Å²) in [5.74, 6) is -0.0906. The number of carbonyl (C=O) groups is 1. The number of aromatic hydroxyl groups is 1. The molecule has 2 nitrogen and oxygen atoms in total. The molecule has 0 amide bonds. The number of halogens is 2. The first-order valence-corrected chi connectivity index (χ1v) is 6.56. The molecule has 4 heteroatoms. The maximum Gasteiger partial charge on any atom is 0.177 e. The van der Waals surface area contributed by atoms with Crippen LogP contribution in [0.1, 0.15) is 10.4 Å². The number of carbonyl (C=O) groups excluding carboxylic acids is 1. The molecule has 0 saturated carbocycles. The summed E-state index contributed by atoms with van der Waals surface area (Å²) in [6.07, 6.45) is 0. The largest absolute Gasteiger partial charge is 0.507 e. The second-order valence-corrected chi connectivity index (χ2v) is 4.77. The van der Waals surface area contributed by atoms with E-state index in [9.17, 15) is 9.90 Å². The van der Waals surface area contributed by atoms with Crippen LogP contribution in [0.5, 0.6) is 5.75 Å². The molecule has 0 heterocycles. The highest BCUT2D eigenvalue weighted by atomic mass is 79.9. The number of fused-ring (bicyclic) bond motifs is 1. The fraction of sp³-hybridized carbons (Fsp3) is 0.0833. The number of benzene rings is 2. The highest BCUT2D eigenvalue weighted by molar-refractivity contribution is 9.10. The Balaban J connectivity index is 2.80. The highest BCUT2D eigenvalue weighted by Crippen LogP contribution is 2.34. The van der Waals surface area contributed by atoms with E-state index in [1.54, 1.807) is 12.1 Å². The lowest BCUT2D eigenvalue weighted by molar-refractivity contribution is 0.102. The monoisotopic (exact) mass is 342 g/mol. The lowest BCUT2D eigenvalue weighted by atomic mass is 10.0. The Morgan fingerprint density at radius 1 is 1.25 bits per heavy atom.